The fraction of sp³-hybridized carbons (Fsp3) is 0.286. The number of hydrogen-bond acceptors (Lipinski definition) is 1. The number of halogens is 3. The van der Waals surface area contributed by atoms with E-state index in [1.165, 1.54) is 18.2 Å². The Hall–Kier alpha value is -2.11. The van der Waals surface area contributed by atoms with Crippen LogP contribution in [0.15, 0.2) is 36.7 Å². The zero-order valence-electron chi connectivity index (χ0n) is 11.1. The number of aromatic nitrogens is 2. The molecular formula is C14H14F3N2O+. The molecule has 0 unspecified atom stereocenters. The van der Waals surface area contributed by atoms with Gasteiger partial charge in [0.1, 0.15) is 12.4 Å². The quantitative estimate of drug-likeness (QED) is 0.628. The molecular weight excluding hydrogens is 269 g/mol. The first-order valence-corrected chi connectivity index (χ1v) is 6.01. The van der Waals surface area contributed by atoms with Crippen LogP contribution in [-0.2, 0) is 19.8 Å². The van der Waals surface area contributed by atoms with Gasteiger partial charge in [-0.2, -0.15) is 13.2 Å². The van der Waals surface area contributed by atoms with Gasteiger partial charge in [-0.05, 0) is 6.07 Å². The van der Waals surface area contributed by atoms with Crippen LogP contribution < -0.4 is 4.57 Å². The van der Waals surface area contributed by atoms with Crippen LogP contribution in [0.2, 0.25) is 0 Å². The first kappa shape index (κ1) is 14.3. The van der Waals surface area contributed by atoms with Gasteiger partial charge in [0.15, 0.2) is 6.54 Å². The molecule has 0 atom stereocenters. The summed E-state index contributed by atoms with van der Waals surface area (Å²) < 4.78 is 42.0. The Balaban J connectivity index is 2.33. The molecule has 20 heavy (non-hydrogen) atoms. The third-order valence-electron chi connectivity index (χ3n) is 3.24. The number of carbonyl (C=O) groups excluding carboxylic acids is 1. The molecule has 0 bridgehead atoms. The van der Waals surface area contributed by atoms with Crippen molar-refractivity contribution in [2.24, 2.45) is 7.05 Å². The maximum absolute atomic E-state index is 12.9. The number of carbonyl (C=O) groups is 1. The number of imidazole rings is 1. The second kappa shape index (κ2) is 5.11. The molecule has 0 saturated heterocycles. The maximum atomic E-state index is 12.9. The van der Waals surface area contributed by atoms with E-state index in [0.717, 1.165) is 11.9 Å². The minimum absolute atomic E-state index is 0.111. The number of Topliss-reactive ketones (excluding diaryl/α,β-unsaturated/α-hetero) is 1. The van der Waals surface area contributed by atoms with Crippen LogP contribution in [0.25, 0.3) is 0 Å². The Morgan fingerprint density at radius 3 is 2.50 bits per heavy atom. The zero-order chi connectivity index (χ0) is 14.9. The maximum Gasteiger partial charge on any atom is 0.417 e. The van der Waals surface area contributed by atoms with Crippen molar-refractivity contribution >= 4 is 5.78 Å². The molecule has 0 spiro atoms. The Morgan fingerprint density at radius 1 is 1.30 bits per heavy atom. The predicted molar refractivity (Wildman–Crippen MR) is 66.1 cm³/mol. The lowest BCUT2D eigenvalue weighted by Gasteiger charge is -2.11. The van der Waals surface area contributed by atoms with Crippen LogP contribution in [0.4, 0.5) is 13.2 Å². The number of aryl methyl sites for hydroxylation is 1. The number of alkyl halides is 3. The molecule has 0 fully saturated rings. The molecule has 3 nitrogen and oxygen atoms in total. The SMILES string of the molecule is Cc1n(CC(=O)c2ccccc2C(F)(F)F)cc[n+]1C. The highest BCUT2D eigenvalue weighted by atomic mass is 19.4. The van der Waals surface area contributed by atoms with Gasteiger partial charge in [0.25, 0.3) is 5.82 Å². The van der Waals surface area contributed by atoms with Crippen molar-refractivity contribution in [1.29, 1.82) is 0 Å². The topological polar surface area (TPSA) is 25.9 Å². The normalized spacial score (nSPS) is 11.7. The highest BCUT2D eigenvalue weighted by Gasteiger charge is 2.35. The van der Waals surface area contributed by atoms with Gasteiger partial charge in [-0.25, -0.2) is 9.13 Å². The van der Waals surface area contributed by atoms with Crippen molar-refractivity contribution in [2.45, 2.75) is 19.6 Å². The number of ketones is 1. The summed E-state index contributed by atoms with van der Waals surface area (Å²) in [4.78, 5) is 12.1. The van der Waals surface area contributed by atoms with E-state index < -0.39 is 17.5 Å². The summed E-state index contributed by atoms with van der Waals surface area (Å²) in [6.07, 6.45) is -1.11. The summed E-state index contributed by atoms with van der Waals surface area (Å²) in [5.41, 5.74) is -1.19. The molecule has 2 aromatic rings. The standard InChI is InChI=1S/C14H14F3N2O/c1-10-18(2)7-8-19(10)9-13(20)11-5-3-4-6-12(11)14(15,16)17/h3-8H,9H2,1-2H3/q+1. The molecule has 0 aliphatic carbocycles. The van der Waals surface area contributed by atoms with Crippen molar-refractivity contribution < 1.29 is 22.5 Å². The molecule has 6 heteroatoms. The van der Waals surface area contributed by atoms with Crippen molar-refractivity contribution in [2.75, 3.05) is 0 Å². The third-order valence-corrected chi connectivity index (χ3v) is 3.24. The van der Waals surface area contributed by atoms with Gasteiger partial charge in [-0.1, -0.05) is 18.2 Å². The number of rotatable bonds is 3. The number of nitrogens with zero attached hydrogens (tertiary/aromatic N) is 2. The summed E-state index contributed by atoms with van der Waals surface area (Å²) in [7, 11) is 1.81. The van der Waals surface area contributed by atoms with Gasteiger partial charge >= 0.3 is 6.18 Å². The minimum Gasteiger partial charge on any atom is -0.290 e. The van der Waals surface area contributed by atoms with E-state index in [2.05, 4.69) is 0 Å². The average molecular weight is 283 g/mol. The Bertz CT molecular complexity index is 644. The highest BCUT2D eigenvalue weighted by molar-refractivity contribution is 5.97. The van der Waals surface area contributed by atoms with E-state index in [1.807, 2.05) is 0 Å². The molecule has 0 N–H and O–H groups in total. The lowest BCUT2D eigenvalue weighted by atomic mass is 10.0. The molecule has 106 valence electrons. The predicted octanol–water partition coefficient (Wildman–Crippen LogP) is 2.52. The summed E-state index contributed by atoms with van der Waals surface area (Å²) >= 11 is 0. The zero-order valence-corrected chi connectivity index (χ0v) is 11.1. The van der Waals surface area contributed by atoms with E-state index in [0.29, 0.717) is 0 Å². The summed E-state index contributed by atoms with van der Waals surface area (Å²) in [6.45, 7) is 1.68. The van der Waals surface area contributed by atoms with Crippen LogP contribution >= 0.6 is 0 Å². The fourth-order valence-corrected chi connectivity index (χ4v) is 1.98. The van der Waals surface area contributed by atoms with E-state index in [-0.39, 0.29) is 12.1 Å². The van der Waals surface area contributed by atoms with E-state index >= 15 is 0 Å². The summed E-state index contributed by atoms with van der Waals surface area (Å²) in [5, 5.41) is 0. The molecule has 0 aliphatic rings. The van der Waals surface area contributed by atoms with E-state index in [4.69, 9.17) is 0 Å². The van der Waals surface area contributed by atoms with Gasteiger partial charge in [-0.3, -0.25) is 4.79 Å². The fourth-order valence-electron chi connectivity index (χ4n) is 1.98. The molecule has 0 amide bonds. The van der Waals surface area contributed by atoms with Crippen molar-refractivity contribution in [3.63, 3.8) is 0 Å². The molecule has 2 rings (SSSR count). The first-order valence-electron chi connectivity index (χ1n) is 6.01. The monoisotopic (exact) mass is 283 g/mol. The van der Waals surface area contributed by atoms with Gasteiger partial charge < -0.3 is 0 Å². The number of hydrogen-bond donors (Lipinski definition) is 0. The first-order chi connectivity index (χ1) is 9.30. The van der Waals surface area contributed by atoms with Crippen LogP contribution in [0.3, 0.4) is 0 Å². The number of benzene rings is 1. The van der Waals surface area contributed by atoms with E-state index in [9.17, 15) is 18.0 Å². The molecule has 1 heterocycles. The van der Waals surface area contributed by atoms with Crippen LogP contribution in [-0.4, -0.2) is 10.4 Å². The Morgan fingerprint density at radius 2 is 1.95 bits per heavy atom. The molecule has 1 aromatic heterocycles. The minimum atomic E-state index is -4.53. The highest BCUT2D eigenvalue weighted by Crippen LogP contribution is 2.32. The molecule has 0 radical (unpaired) electrons. The molecule has 0 aliphatic heterocycles. The molecule has 1 aromatic carbocycles. The smallest absolute Gasteiger partial charge is 0.290 e. The lowest BCUT2D eigenvalue weighted by molar-refractivity contribution is -0.677. The second-order valence-electron chi connectivity index (χ2n) is 4.55. The Kier molecular flexibility index (Phi) is 3.65. The second-order valence-corrected chi connectivity index (χ2v) is 4.55. The van der Waals surface area contributed by atoms with Crippen LogP contribution in [0.5, 0.6) is 0 Å². The van der Waals surface area contributed by atoms with Crippen molar-refractivity contribution in [1.82, 2.24) is 4.57 Å². The summed E-state index contributed by atoms with van der Waals surface area (Å²) in [5.74, 6) is 0.236. The largest absolute Gasteiger partial charge is 0.417 e. The average Bonchev–Trinajstić information content (AvgIpc) is 2.70. The molecule has 0 saturated carbocycles. The van der Waals surface area contributed by atoms with E-state index in [1.54, 1.807) is 35.5 Å². The third kappa shape index (κ3) is 2.74. The van der Waals surface area contributed by atoms with Gasteiger partial charge in [0.05, 0.1) is 12.6 Å². The van der Waals surface area contributed by atoms with Gasteiger partial charge in [-0.15, -0.1) is 0 Å². The van der Waals surface area contributed by atoms with Crippen molar-refractivity contribution in [3.05, 3.63) is 53.6 Å². The van der Waals surface area contributed by atoms with Crippen LogP contribution in [0.1, 0.15) is 21.7 Å². The van der Waals surface area contributed by atoms with Gasteiger partial charge in [0.2, 0.25) is 5.78 Å². The van der Waals surface area contributed by atoms with Crippen LogP contribution in [0, 0.1) is 6.92 Å². The van der Waals surface area contributed by atoms with Gasteiger partial charge in [0, 0.05) is 12.5 Å². The lowest BCUT2D eigenvalue weighted by Crippen LogP contribution is -2.30. The Labute approximate surface area is 114 Å². The summed E-state index contributed by atoms with van der Waals surface area (Å²) in [6, 6.07) is 4.85. The van der Waals surface area contributed by atoms with Crippen molar-refractivity contribution in [3.8, 4) is 0 Å².